The molecule has 0 aliphatic rings. The molecular formula is C28H55NO4. The Morgan fingerprint density at radius 2 is 1.06 bits per heavy atom. The number of likely N-dealkylation sites (N-methyl/N-ethyl adjacent to an activating group) is 1. The second-order valence-electron chi connectivity index (χ2n) is 10.7. The number of rotatable bonds is 21. The fourth-order valence-corrected chi connectivity index (χ4v) is 3.71. The van der Waals surface area contributed by atoms with E-state index in [1.54, 1.807) is 0 Å². The minimum absolute atomic E-state index is 0.0433. The van der Waals surface area contributed by atoms with Crippen molar-refractivity contribution in [1.82, 2.24) is 4.90 Å². The van der Waals surface area contributed by atoms with Gasteiger partial charge in [0.25, 0.3) is 0 Å². The average Bonchev–Trinajstić information content (AvgIpc) is 2.77. The molecule has 196 valence electrons. The van der Waals surface area contributed by atoms with Crippen molar-refractivity contribution in [3.05, 3.63) is 0 Å². The molecule has 0 N–H and O–H groups in total. The third-order valence-electron chi connectivity index (χ3n) is 5.85. The zero-order chi connectivity index (χ0) is 24.8. The summed E-state index contributed by atoms with van der Waals surface area (Å²) in [5, 5.41) is 0. The highest BCUT2D eigenvalue weighted by Gasteiger charge is 2.20. The number of hydrogen-bond acceptors (Lipinski definition) is 4. The minimum atomic E-state index is -0.452. The molecule has 0 fully saturated rings. The number of amides is 1. The predicted octanol–water partition coefficient (Wildman–Crippen LogP) is 8.30. The molecule has 0 spiro atoms. The van der Waals surface area contributed by atoms with Gasteiger partial charge in [-0.3, -0.25) is 9.69 Å². The average molecular weight is 470 g/mol. The standard InChI is InChI=1S/C28H55NO4/c1-6-8-9-10-11-12-13-14-15-16-17-18-19-20-21-22-23-32-26(30)24-29(7-2)27(31)33-25-28(3,4)5/h6-25H2,1-5H3. The normalized spacial score (nSPS) is 11.4. The van der Waals surface area contributed by atoms with Crippen LogP contribution >= 0.6 is 0 Å². The lowest BCUT2D eigenvalue weighted by atomic mass is 9.99. The van der Waals surface area contributed by atoms with Gasteiger partial charge >= 0.3 is 12.1 Å². The Hall–Kier alpha value is -1.26. The molecule has 0 rings (SSSR count). The van der Waals surface area contributed by atoms with Gasteiger partial charge in [-0.2, -0.15) is 0 Å². The maximum atomic E-state index is 12.1. The van der Waals surface area contributed by atoms with Crippen molar-refractivity contribution in [1.29, 1.82) is 0 Å². The Bertz CT molecular complexity index is 473. The molecule has 0 aromatic carbocycles. The van der Waals surface area contributed by atoms with Crippen molar-refractivity contribution in [2.24, 2.45) is 5.41 Å². The second kappa shape index (κ2) is 21.3. The Balaban J connectivity index is 3.50. The fourth-order valence-electron chi connectivity index (χ4n) is 3.71. The van der Waals surface area contributed by atoms with Gasteiger partial charge in [-0.1, -0.05) is 124 Å². The first-order chi connectivity index (χ1) is 15.8. The van der Waals surface area contributed by atoms with Crippen LogP contribution in [0.5, 0.6) is 0 Å². The summed E-state index contributed by atoms with van der Waals surface area (Å²) in [4.78, 5) is 25.5. The fraction of sp³-hybridized carbons (Fsp3) is 0.929. The third-order valence-corrected chi connectivity index (χ3v) is 5.85. The van der Waals surface area contributed by atoms with E-state index in [1.807, 2.05) is 27.7 Å². The molecule has 0 saturated carbocycles. The topological polar surface area (TPSA) is 55.8 Å². The number of carbonyl (C=O) groups is 2. The van der Waals surface area contributed by atoms with Gasteiger partial charge in [0.1, 0.15) is 6.54 Å². The van der Waals surface area contributed by atoms with Gasteiger partial charge in [0.15, 0.2) is 0 Å². The van der Waals surface area contributed by atoms with E-state index < -0.39 is 6.09 Å². The second-order valence-corrected chi connectivity index (χ2v) is 10.7. The van der Waals surface area contributed by atoms with Crippen molar-refractivity contribution in [3.8, 4) is 0 Å². The van der Waals surface area contributed by atoms with Crippen molar-refractivity contribution < 1.29 is 19.1 Å². The first kappa shape index (κ1) is 31.7. The van der Waals surface area contributed by atoms with Crippen molar-refractivity contribution in [2.45, 2.75) is 137 Å². The Morgan fingerprint density at radius 1 is 0.636 bits per heavy atom. The van der Waals surface area contributed by atoms with Crippen LogP contribution < -0.4 is 0 Å². The molecule has 33 heavy (non-hydrogen) atoms. The summed E-state index contributed by atoms with van der Waals surface area (Å²) in [6.45, 7) is 11.3. The molecule has 0 heterocycles. The first-order valence-corrected chi connectivity index (χ1v) is 13.9. The van der Waals surface area contributed by atoms with Gasteiger partial charge in [0.2, 0.25) is 0 Å². The number of carbonyl (C=O) groups excluding carboxylic acids is 2. The lowest BCUT2D eigenvalue weighted by Crippen LogP contribution is -2.38. The van der Waals surface area contributed by atoms with E-state index in [0.29, 0.717) is 19.8 Å². The number of nitrogens with zero attached hydrogens (tertiary/aromatic N) is 1. The summed E-state index contributed by atoms with van der Waals surface area (Å²) in [6.07, 6.45) is 20.7. The Kier molecular flexibility index (Phi) is 20.5. The lowest BCUT2D eigenvalue weighted by Gasteiger charge is -2.23. The van der Waals surface area contributed by atoms with E-state index in [2.05, 4.69) is 6.92 Å². The zero-order valence-electron chi connectivity index (χ0n) is 22.7. The van der Waals surface area contributed by atoms with Gasteiger partial charge in [-0.25, -0.2) is 4.79 Å². The maximum absolute atomic E-state index is 12.1. The monoisotopic (exact) mass is 469 g/mol. The largest absolute Gasteiger partial charge is 0.464 e. The number of hydrogen-bond donors (Lipinski definition) is 0. The molecule has 0 atom stereocenters. The van der Waals surface area contributed by atoms with Crippen LogP contribution in [0, 0.1) is 5.41 Å². The molecule has 5 nitrogen and oxygen atoms in total. The third kappa shape index (κ3) is 22.3. The predicted molar refractivity (Wildman–Crippen MR) is 139 cm³/mol. The van der Waals surface area contributed by atoms with Crippen molar-refractivity contribution in [3.63, 3.8) is 0 Å². The molecule has 0 bridgehead atoms. The molecule has 0 radical (unpaired) electrons. The highest BCUT2D eigenvalue weighted by Crippen LogP contribution is 2.15. The summed E-state index contributed by atoms with van der Waals surface area (Å²) in [7, 11) is 0. The van der Waals surface area contributed by atoms with Crippen LogP contribution in [0.4, 0.5) is 4.79 Å². The molecule has 1 amide bonds. The van der Waals surface area contributed by atoms with Crippen LogP contribution in [-0.2, 0) is 14.3 Å². The molecule has 0 aromatic heterocycles. The molecule has 0 aliphatic carbocycles. The van der Waals surface area contributed by atoms with Gasteiger partial charge in [0.05, 0.1) is 13.2 Å². The molecule has 0 aliphatic heterocycles. The smallest absolute Gasteiger partial charge is 0.410 e. The Labute approximate surface area is 205 Å². The summed E-state index contributed by atoms with van der Waals surface area (Å²) >= 11 is 0. The molecule has 0 saturated heterocycles. The van der Waals surface area contributed by atoms with E-state index in [4.69, 9.17) is 9.47 Å². The van der Waals surface area contributed by atoms with E-state index >= 15 is 0 Å². The minimum Gasteiger partial charge on any atom is -0.464 e. The zero-order valence-corrected chi connectivity index (χ0v) is 22.7. The van der Waals surface area contributed by atoms with Gasteiger partial charge in [0, 0.05) is 6.54 Å². The van der Waals surface area contributed by atoms with Crippen LogP contribution in [-0.4, -0.2) is 43.3 Å². The SMILES string of the molecule is CCCCCCCCCCCCCCCCCCOC(=O)CN(CC)C(=O)OCC(C)(C)C. The summed E-state index contributed by atoms with van der Waals surface area (Å²) in [5.74, 6) is -0.356. The van der Waals surface area contributed by atoms with E-state index in [1.165, 1.54) is 94.8 Å². The highest BCUT2D eigenvalue weighted by molar-refractivity contribution is 5.78. The van der Waals surface area contributed by atoms with Crippen LogP contribution in [0.25, 0.3) is 0 Å². The first-order valence-electron chi connectivity index (χ1n) is 13.9. The lowest BCUT2D eigenvalue weighted by molar-refractivity contribution is -0.144. The number of unbranched alkanes of at least 4 members (excludes halogenated alkanes) is 15. The van der Waals surface area contributed by atoms with Crippen LogP contribution in [0.3, 0.4) is 0 Å². The molecular weight excluding hydrogens is 414 g/mol. The quantitative estimate of drug-likeness (QED) is 0.125. The number of esters is 1. The van der Waals surface area contributed by atoms with Crippen LogP contribution in [0.15, 0.2) is 0 Å². The van der Waals surface area contributed by atoms with E-state index in [9.17, 15) is 9.59 Å². The van der Waals surface area contributed by atoms with Gasteiger partial charge in [-0.15, -0.1) is 0 Å². The molecule has 0 aromatic rings. The summed E-state index contributed by atoms with van der Waals surface area (Å²) in [5.41, 5.74) is -0.0944. The van der Waals surface area contributed by atoms with Gasteiger partial charge in [-0.05, 0) is 18.8 Å². The van der Waals surface area contributed by atoms with Crippen LogP contribution in [0.1, 0.15) is 137 Å². The highest BCUT2D eigenvalue weighted by atomic mass is 16.6. The van der Waals surface area contributed by atoms with Crippen molar-refractivity contribution >= 4 is 12.1 Å². The Morgan fingerprint density at radius 3 is 1.45 bits per heavy atom. The van der Waals surface area contributed by atoms with E-state index in [-0.39, 0.29) is 17.9 Å². The molecule has 0 unspecified atom stereocenters. The number of ether oxygens (including phenoxy) is 2. The van der Waals surface area contributed by atoms with Crippen LogP contribution in [0.2, 0.25) is 0 Å². The van der Waals surface area contributed by atoms with E-state index in [0.717, 1.165) is 12.8 Å². The maximum Gasteiger partial charge on any atom is 0.410 e. The molecule has 5 heteroatoms. The summed E-state index contributed by atoms with van der Waals surface area (Å²) < 4.78 is 10.6. The van der Waals surface area contributed by atoms with Gasteiger partial charge < -0.3 is 9.47 Å². The van der Waals surface area contributed by atoms with Crippen molar-refractivity contribution in [2.75, 3.05) is 26.3 Å². The summed E-state index contributed by atoms with van der Waals surface area (Å²) in [6, 6.07) is 0.